The number of piperazine rings is 1. The van der Waals surface area contributed by atoms with Crippen molar-refractivity contribution >= 4 is 45.1 Å². The van der Waals surface area contributed by atoms with Crippen LogP contribution in [0.15, 0.2) is 50.5 Å². The molecular formula is C23H24BrFN6O4S. The molecule has 2 fully saturated rings. The molecule has 1 aromatic carbocycles. The van der Waals surface area contributed by atoms with Crippen LogP contribution in [0.3, 0.4) is 0 Å². The number of morpholine rings is 1. The molecule has 2 amide bonds. The van der Waals surface area contributed by atoms with Crippen molar-refractivity contribution < 1.29 is 23.5 Å². The lowest BCUT2D eigenvalue weighted by atomic mass is 9.94. The number of benzene rings is 1. The molecule has 3 unspecified atom stereocenters. The van der Waals surface area contributed by atoms with Crippen LogP contribution in [-0.2, 0) is 14.3 Å². The number of thiazole rings is 1. The number of fused-ring (bicyclic) bond motifs is 2. The number of nitrogens with two attached hydrogens (primary N) is 1. The lowest BCUT2D eigenvalue weighted by molar-refractivity contribution is -0.136. The molecule has 3 aliphatic rings. The number of aliphatic imine (C=N–C) groups is 1. The minimum absolute atomic E-state index is 0.101. The van der Waals surface area contributed by atoms with Gasteiger partial charge in [0.2, 0.25) is 0 Å². The summed E-state index contributed by atoms with van der Waals surface area (Å²) in [6.07, 6.45) is 1.68. The van der Waals surface area contributed by atoms with E-state index < -0.39 is 23.9 Å². The van der Waals surface area contributed by atoms with Gasteiger partial charge in [-0.2, -0.15) is 0 Å². The number of nitrogens with one attached hydrogen (secondary N) is 1. The summed E-state index contributed by atoms with van der Waals surface area (Å²) in [6.45, 7) is 2.07. The molecule has 0 saturated carbocycles. The van der Waals surface area contributed by atoms with Crippen LogP contribution in [-0.4, -0.2) is 84.7 Å². The average molecular weight is 579 g/mol. The number of rotatable bonds is 5. The number of ether oxygens (including phenoxy) is 2. The van der Waals surface area contributed by atoms with Gasteiger partial charge in [0.1, 0.15) is 11.9 Å². The summed E-state index contributed by atoms with van der Waals surface area (Å²) in [5.41, 5.74) is 7.09. The molecule has 36 heavy (non-hydrogen) atoms. The van der Waals surface area contributed by atoms with E-state index in [4.69, 9.17) is 20.2 Å². The third-order valence-corrected chi connectivity index (χ3v) is 7.96. The van der Waals surface area contributed by atoms with Gasteiger partial charge in [0.15, 0.2) is 10.8 Å². The Morgan fingerprint density at radius 1 is 1.33 bits per heavy atom. The van der Waals surface area contributed by atoms with E-state index in [1.54, 1.807) is 17.2 Å². The van der Waals surface area contributed by atoms with Crippen molar-refractivity contribution in [3.8, 4) is 0 Å². The predicted molar refractivity (Wildman–Crippen MR) is 134 cm³/mol. The first kappa shape index (κ1) is 24.8. The Morgan fingerprint density at radius 3 is 2.69 bits per heavy atom. The summed E-state index contributed by atoms with van der Waals surface area (Å²) in [7, 11) is 1.32. The molecule has 3 atom stereocenters. The maximum atomic E-state index is 13.9. The van der Waals surface area contributed by atoms with E-state index in [9.17, 15) is 14.0 Å². The first-order valence-electron chi connectivity index (χ1n) is 11.2. The highest BCUT2D eigenvalue weighted by Gasteiger charge is 2.42. The van der Waals surface area contributed by atoms with Crippen molar-refractivity contribution in [1.82, 2.24) is 20.1 Å². The number of amidine groups is 1. The number of halogens is 2. The third kappa shape index (κ3) is 4.75. The van der Waals surface area contributed by atoms with Crippen LogP contribution in [0.2, 0.25) is 0 Å². The molecule has 3 N–H and O–H groups in total. The molecule has 5 rings (SSSR count). The Hall–Kier alpha value is -2.87. The summed E-state index contributed by atoms with van der Waals surface area (Å²) >= 11 is 4.84. The Morgan fingerprint density at radius 2 is 2.08 bits per heavy atom. The number of aromatic nitrogens is 1. The van der Waals surface area contributed by atoms with E-state index in [0.717, 1.165) is 0 Å². The van der Waals surface area contributed by atoms with Crippen LogP contribution in [0.25, 0.3) is 0 Å². The van der Waals surface area contributed by atoms with Crippen LogP contribution in [0.1, 0.15) is 16.6 Å². The van der Waals surface area contributed by atoms with Gasteiger partial charge in [-0.05, 0) is 17.7 Å². The summed E-state index contributed by atoms with van der Waals surface area (Å²) in [5.74, 6) is -0.448. The van der Waals surface area contributed by atoms with Gasteiger partial charge >= 0.3 is 12.0 Å². The van der Waals surface area contributed by atoms with Gasteiger partial charge < -0.3 is 25.4 Å². The molecule has 1 aromatic heterocycles. The standard InChI is InChI=1S/C23H24BrFN6O4S/c1-34-22(32)18-17(9-31-13-7-30(23(26)33)8-14(31)11-35-10-13)28-20(21-27-4-5-36-21)29-19(18)15-3-2-12(25)6-16(15)24/h2-6,13-14,19H,7-11H2,1H3,(H2,26,33)(H,28,29). The van der Waals surface area contributed by atoms with Gasteiger partial charge in [-0.1, -0.05) is 22.0 Å². The number of carbonyl (C=O) groups excluding carboxylic acids is 2. The molecule has 3 aliphatic heterocycles. The van der Waals surface area contributed by atoms with Crippen molar-refractivity contribution in [1.29, 1.82) is 0 Å². The molecule has 13 heteroatoms. The highest BCUT2D eigenvalue weighted by molar-refractivity contribution is 9.10. The molecule has 0 radical (unpaired) electrons. The Kier molecular flexibility index (Phi) is 7.06. The molecule has 2 aromatic rings. The van der Waals surface area contributed by atoms with Crippen molar-refractivity contribution in [2.24, 2.45) is 10.7 Å². The summed E-state index contributed by atoms with van der Waals surface area (Å²) in [4.78, 5) is 38.0. The molecule has 4 heterocycles. The first-order valence-corrected chi connectivity index (χ1v) is 12.9. The zero-order valence-electron chi connectivity index (χ0n) is 19.3. The van der Waals surface area contributed by atoms with Gasteiger partial charge in [0.25, 0.3) is 0 Å². The molecule has 10 nitrogen and oxygen atoms in total. The van der Waals surface area contributed by atoms with Gasteiger partial charge in [-0.3, -0.25) is 9.89 Å². The normalized spacial score (nSPS) is 24.2. The van der Waals surface area contributed by atoms with Crippen molar-refractivity contribution in [3.63, 3.8) is 0 Å². The largest absolute Gasteiger partial charge is 0.466 e. The molecule has 0 spiro atoms. The summed E-state index contributed by atoms with van der Waals surface area (Å²) < 4.78 is 25.3. The number of primary amides is 1. The van der Waals surface area contributed by atoms with Crippen LogP contribution < -0.4 is 11.1 Å². The Labute approximate surface area is 219 Å². The number of hydrogen-bond donors (Lipinski definition) is 2. The quantitative estimate of drug-likeness (QED) is 0.520. The number of esters is 1. The summed E-state index contributed by atoms with van der Waals surface area (Å²) in [6, 6.07) is 2.86. The predicted octanol–water partition coefficient (Wildman–Crippen LogP) is 2.03. The monoisotopic (exact) mass is 578 g/mol. The highest BCUT2D eigenvalue weighted by Crippen LogP contribution is 2.37. The topological polar surface area (TPSA) is 122 Å². The lowest BCUT2D eigenvalue weighted by Crippen LogP contribution is -2.66. The molecule has 2 bridgehead atoms. The zero-order chi connectivity index (χ0) is 25.4. The van der Waals surface area contributed by atoms with E-state index >= 15 is 0 Å². The number of urea groups is 1. The summed E-state index contributed by atoms with van der Waals surface area (Å²) in [5, 5.41) is 5.82. The maximum Gasteiger partial charge on any atom is 0.338 e. The molecule has 0 aliphatic carbocycles. The molecular weight excluding hydrogens is 555 g/mol. The van der Waals surface area contributed by atoms with E-state index in [1.807, 2.05) is 5.38 Å². The molecule has 2 saturated heterocycles. The zero-order valence-corrected chi connectivity index (χ0v) is 21.7. The maximum absolute atomic E-state index is 13.9. The first-order chi connectivity index (χ1) is 17.4. The molecule has 190 valence electrons. The fourth-order valence-corrected chi connectivity index (χ4v) is 5.97. The number of methoxy groups -OCH3 is 1. The number of carbonyl (C=O) groups is 2. The minimum atomic E-state index is -0.759. The van der Waals surface area contributed by atoms with Gasteiger partial charge in [-0.15, -0.1) is 11.3 Å². The minimum Gasteiger partial charge on any atom is -0.466 e. The van der Waals surface area contributed by atoms with Gasteiger partial charge in [0, 0.05) is 41.4 Å². The second kappa shape index (κ2) is 10.2. The van der Waals surface area contributed by atoms with Gasteiger partial charge in [0.05, 0.1) is 38.0 Å². The lowest BCUT2D eigenvalue weighted by Gasteiger charge is -2.49. The number of nitrogens with zero attached hydrogens (tertiary/aromatic N) is 4. The number of amides is 2. The van der Waals surface area contributed by atoms with Gasteiger partial charge in [-0.25, -0.2) is 19.0 Å². The SMILES string of the molecule is COC(=O)C1=C(CN2C3COCC2CN(C(N)=O)C3)NC(c2nccs2)=NC1c1ccc(F)cc1Br. The van der Waals surface area contributed by atoms with Crippen molar-refractivity contribution in [2.45, 2.75) is 18.1 Å². The van der Waals surface area contributed by atoms with Crippen LogP contribution in [0.4, 0.5) is 9.18 Å². The van der Waals surface area contributed by atoms with Crippen molar-refractivity contribution in [3.05, 3.63) is 61.9 Å². The smallest absolute Gasteiger partial charge is 0.338 e. The van der Waals surface area contributed by atoms with Crippen molar-refractivity contribution in [2.75, 3.05) is 40.0 Å². The highest BCUT2D eigenvalue weighted by atomic mass is 79.9. The fourth-order valence-electron chi connectivity index (χ4n) is 4.82. The van der Waals surface area contributed by atoms with E-state index in [1.165, 1.54) is 30.6 Å². The van der Waals surface area contributed by atoms with E-state index in [0.29, 0.717) is 65.0 Å². The third-order valence-electron chi connectivity index (χ3n) is 6.50. The van der Waals surface area contributed by atoms with E-state index in [2.05, 4.69) is 31.1 Å². The fraction of sp³-hybridized carbons (Fsp3) is 0.391. The average Bonchev–Trinajstić information content (AvgIpc) is 3.38. The van der Waals surface area contributed by atoms with Crippen LogP contribution >= 0.6 is 27.3 Å². The second-order valence-corrected chi connectivity index (χ2v) is 10.4. The van der Waals surface area contributed by atoms with Crippen LogP contribution in [0.5, 0.6) is 0 Å². The number of hydrogen-bond acceptors (Lipinski definition) is 9. The van der Waals surface area contributed by atoms with Crippen LogP contribution in [0, 0.1) is 5.82 Å². The van der Waals surface area contributed by atoms with E-state index in [-0.39, 0.29) is 12.1 Å². The second-order valence-electron chi connectivity index (χ2n) is 8.65. The Bertz CT molecular complexity index is 1230. The Balaban J connectivity index is 1.58.